The van der Waals surface area contributed by atoms with E-state index < -0.39 is 106 Å². The minimum Gasteiger partial charge on any atom is -0.756 e. The van der Waals surface area contributed by atoms with Crippen LogP contribution in [0.4, 0.5) is 0 Å². The Morgan fingerprint density at radius 2 is 1.65 bits per heavy atom. The molecule has 2 aliphatic heterocycles. The van der Waals surface area contributed by atoms with Crippen LogP contribution in [-0.2, 0) is 37.6 Å². The summed E-state index contributed by atoms with van der Waals surface area (Å²) in [6.07, 6.45) is -6.10. The van der Waals surface area contributed by atoms with Crippen LogP contribution in [0, 0.1) is 0 Å². The largest absolute Gasteiger partial charge is 0.756 e. The topological polar surface area (TPSA) is 370 Å². The van der Waals surface area contributed by atoms with Crippen LogP contribution in [0.3, 0.4) is 0 Å². The number of carbonyl (C=O) groups excluding carboxylic acids is 2. The van der Waals surface area contributed by atoms with Crippen LogP contribution < -0.4 is 27.6 Å². The van der Waals surface area contributed by atoms with E-state index in [0.29, 0.717) is 12.8 Å². The van der Waals surface area contributed by atoms with Gasteiger partial charge in [0, 0.05) is 6.42 Å². The Labute approximate surface area is 303 Å². The highest BCUT2D eigenvalue weighted by Crippen LogP contribution is 2.39. The van der Waals surface area contributed by atoms with Gasteiger partial charge in [0.1, 0.15) is 48.6 Å². The average molecular weight is 780 g/mol. The van der Waals surface area contributed by atoms with Crippen molar-refractivity contribution in [1.29, 1.82) is 0 Å². The van der Waals surface area contributed by atoms with Crippen molar-refractivity contribution in [3.8, 4) is 0 Å². The van der Waals surface area contributed by atoms with E-state index in [1.807, 2.05) is 0 Å². The number of aliphatic carboxylic acids is 1. The molecule has 0 bridgehead atoms. The summed E-state index contributed by atoms with van der Waals surface area (Å²) in [6, 6.07) is -1.56. The second-order valence-corrected chi connectivity index (χ2v) is 13.9. The van der Waals surface area contributed by atoms with E-state index in [2.05, 4.69) is 23.3 Å². The number of carboxylic acids is 1. The summed E-state index contributed by atoms with van der Waals surface area (Å²) in [4.78, 5) is 46.4. The lowest BCUT2D eigenvalue weighted by molar-refractivity contribution is -0.392. The Kier molecular flexibility index (Phi) is 23.9. The fourth-order valence-electron chi connectivity index (χ4n) is 5.91. The van der Waals surface area contributed by atoms with Crippen LogP contribution in [0.1, 0.15) is 84.0 Å². The van der Waals surface area contributed by atoms with Gasteiger partial charge >= 0.3 is 0 Å². The van der Waals surface area contributed by atoms with Crippen molar-refractivity contribution >= 4 is 19.7 Å². The summed E-state index contributed by atoms with van der Waals surface area (Å²) < 4.78 is 38.3. The summed E-state index contributed by atoms with van der Waals surface area (Å²) in [5.41, 5.74) is 0. The molecule has 2 fully saturated rings. The van der Waals surface area contributed by atoms with Gasteiger partial charge in [-0.3, -0.25) is 9.36 Å². The first-order valence-electron chi connectivity index (χ1n) is 17.0. The molecule has 0 aromatic rings. The molecule has 0 saturated carbocycles. The number of carboxylic acid groups (broad SMARTS) is 1. The number of unbranched alkanes of at least 4 members (excludes halogenated alkanes) is 8. The van der Waals surface area contributed by atoms with E-state index in [9.17, 15) is 59.7 Å². The van der Waals surface area contributed by atoms with Crippen molar-refractivity contribution in [2.24, 2.45) is 0 Å². The quantitative estimate of drug-likeness (QED) is 0.0298. The molecule has 12 atom stereocenters. The van der Waals surface area contributed by atoms with Gasteiger partial charge in [0.25, 0.3) is 7.82 Å². The lowest BCUT2D eigenvalue weighted by Gasteiger charge is -2.48. The summed E-state index contributed by atoms with van der Waals surface area (Å²) >= 11 is 0. The summed E-state index contributed by atoms with van der Waals surface area (Å²) in [7, 11) is -5.65. The molecule has 0 aromatic heterocycles. The van der Waals surface area contributed by atoms with Crippen molar-refractivity contribution < 1.29 is 83.2 Å². The van der Waals surface area contributed by atoms with Crippen molar-refractivity contribution in [2.75, 3.05) is 19.8 Å². The van der Waals surface area contributed by atoms with Crippen molar-refractivity contribution in [3.05, 3.63) is 12.7 Å². The summed E-state index contributed by atoms with van der Waals surface area (Å²) in [5.74, 6) is -5.77. The SMILES string of the molecule is C=CCOC1OC(COC2(C(=O)[O-])CC(O)C(O)C(C(O)CO)O2)C(OP(=O)([O-])O)C(O)C1NC(=O)CC(O)CCCCCCCCCCC.[NH4+].[NH4+]. The Morgan fingerprint density at radius 3 is 2.19 bits per heavy atom. The van der Waals surface area contributed by atoms with E-state index in [0.717, 1.165) is 25.7 Å². The normalized spacial score (nSPS) is 31.2. The van der Waals surface area contributed by atoms with Gasteiger partial charge in [-0.05, 0) is 6.42 Å². The molecular formula is C31H62N3O17P. The third-order valence-corrected chi connectivity index (χ3v) is 9.10. The van der Waals surface area contributed by atoms with Crippen LogP contribution in [-0.4, -0.2) is 134 Å². The number of carbonyl (C=O) groups is 2. The predicted molar refractivity (Wildman–Crippen MR) is 180 cm³/mol. The van der Waals surface area contributed by atoms with Crippen LogP contribution in [0.2, 0.25) is 0 Å². The molecule has 52 heavy (non-hydrogen) atoms. The fraction of sp³-hybridized carbons (Fsp3) is 0.871. The molecule has 2 saturated heterocycles. The second-order valence-electron chi connectivity index (χ2n) is 12.7. The number of nitrogens with one attached hydrogen (secondary N) is 1. The first-order valence-corrected chi connectivity index (χ1v) is 18.5. The molecule has 308 valence electrons. The zero-order valence-electron chi connectivity index (χ0n) is 30.3. The molecule has 2 aliphatic rings. The molecule has 2 rings (SSSR count). The standard InChI is InChI=1S/C31H56NO17P.2H3N/c1-3-5-6-7-8-9-10-11-12-13-19(34)15-23(37)32-24-26(39)28(49-50(42,43)44)22(47-29(24)45-14-4-2)18-46-31(30(40)41)16-20(35)25(38)27(48-31)21(36)17-33;;/h4,19-22,24-29,33-36,38-39H,2-3,5-18H2,1H3,(H,32,37)(H,40,41)(H2,42,43,44);2*1H3. The molecule has 0 aliphatic carbocycles. The first-order chi connectivity index (χ1) is 23.6. The molecular weight excluding hydrogens is 717 g/mol. The molecule has 0 aromatic carbocycles. The monoisotopic (exact) mass is 779 g/mol. The van der Waals surface area contributed by atoms with Crippen LogP contribution >= 0.6 is 7.82 Å². The number of ether oxygens (including phenoxy) is 4. The number of phosphoric acid groups is 1. The molecule has 0 radical (unpaired) electrons. The number of hydrogen-bond donors (Lipinski definition) is 10. The van der Waals surface area contributed by atoms with Gasteiger partial charge in [-0.25, -0.2) is 0 Å². The predicted octanol–water partition coefficient (Wildman–Crippen LogP) is -1.64. The number of aliphatic hydroxyl groups excluding tert-OH is 6. The van der Waals surface area contributed by atoms with E-state index in [1.54, 1.807) is 0 Å². The number of quaternary nitrogens is 2. The Bertz CT molecular complexity index is 1090. The summed E-state index contributed by atoms with van der Waals surface area (Å²) in [6.45, 7) is 3.42. The molecule has 2 heterocycles. The number of rotatable bonds is 24. The Hall–Kier alpha value is -1.69. The average Bonchev–Trinajstić information content (AvgIpc) is 3.05. The van der Waals surface area contributed by atoms with Crippen molar-refractivity contribution in [2.45, 2.75) is 151 Å². The van der Waals surface area contributed by atoms with Crippen molar-refractivity contribution in [1.82, 2.24) is 17.6 Å². The number of phosphoric ester groups is 1. The zero-order valence-corrected chi connectivity index (χ0v) is 31.2. The lowest BCUT2D eigenvalue weighted by atomic mass is 9.92. The highest BCUT2D eigenvalue weighted by molar-refractivity contribution is 7.44. The van der Waals surface area contributed by atoms with E-state index in [-0.39, 0.29) is 25.3 Å². The van der Waals surface area contributed by atoms with Gasteiger partial charge in [0.2, 0.25) is 11.7 Å². The molecule has 21 heteroatoms. The second kappa shape index (κ2) is 24.7. The smallest absolute Gasteiger partial charge is 0.265 e. The van der Waals surface area contributed by atoms with Gasteiger partial charge in [-0.15, -0.1) is 6.58 Å². The Balaban J connectivity index is 0.0000130. The van der Waals surface area contributed by atoms with E-state index >= 15 is 0 Å². The van der Waals surface area contributed by atoms with Gasteiger partial charge < -0.3 is 91.4 Å². The van der Waals surface area contributed by atoms with Gasteiger partial charge in [0.05, 0.1) is 38.4 Å². The molecule has 16 N–H and O–H groups in total. The molecule has 1 amide bonds. The fourth-order valence-corrected chi connectivity index (χ4v) is 6.48. The molecule has 20 nitrogen and oxygen atoms in total. The number of aliphatic hydroxyl groups is 6. The third-order valence-electron chi connectivity index (χ3n) is 8.59. The van der Waals surface area contributed by atoms with Crippen LogP contribution in [0.15, 0.2) is 12.7 Å². The van der Waals surface area contributed by atoms with Crippen molar-refractivity contribution in [3.63, 3.8) is 0 Å². The highest BCUT2D eigenvalue weighted by atomic mass is 31.2. The Morgan fingerprint density at radius 1 is 1.06 bits per heavy atom. The first kappa shape index (κ1) is 50.3. The van der Waals surface area contributed by atoms with Crippen LogP contribution in [0.25, 0.3) is 0 Å². The van der Waals surface area contributed by atoms with Gasteiger partial charge in [0.15, 0.2) is 6.29 Å². The van der Waals surface area contributed by atoms with E-state index in [4.69, 9.17) is 18.9 Å². The minimum absolute atomic E-state index is 0. The number of amides is 1. The maximum absolute atomic E-state index is 12.9. The van der Waals surface area contributed by atoms with Gasteiger partial charge in [-0.1, -0.05) is 70.8 Å². The lowest BCUT2D eigenvalue weighted by Crippen LogP contribution is -2.68. The zero-order chi connectivity index (χ0) is 37.5. The summed E-state index contributed by atoms with van der Waals surface area (Å²) in [5, 5.41) is 76.1. The molecule has 0 spiro atoms. The van der Waals surface area contributed by atoms with Crippen LogP contribution in [0.5, 0.6) is 0 Å². The van der Waals surface area contributed by atoms with E-state index in [1.165, 1.54) is 31.8 Å². The number of hydrogen-bond acceptors (Lipinski definition) is 16. The third kappa shape index (κ3) is 16.0. The molecule has 12 unspecified atom stereocenters. The maximum atomic E-state index is 12.9. The minimum atomic E-state index is -5.65. The maximum Gasteiger partial charge on any atom is 0.265 e. The highest BCUT2D eigenvalue weighted by Gasteiger charge is 2.53. The van der Waals surface area contributed by atoms with Gasteiger partial charge in [-0.2, -0.15) is 0 Å².